The van der Waals surface area contributed by atoms with Gasteiger partial charge in [0.2, 0.25) is 5.91 Å². The van der Waals surface area contributed by atoms with E-state index in [0.29, 0.717) is 11.6 Å². The van der Waals surface area contributed by atoms with Crippen molar-refractivity contribution in [2.24, 2.45) is 7.05 Å². The van der Waals surface area contributed by atoms with Gasteiger partial charge in [0.15, 0.2) is 0 Å². The number of halogens is 1. The highest BCUT2D eigenvalue weighted by Crippen LogP contribution is 2.18. The summed E-state index contributed by atoms with van der Waals surface area (Å²) in [6, 6.07) is 0. The van der Waals surface area contributed by atoms with Crippen molar-refractivity contribution in [3.8, 4) is 0 Å². The quantitative estimate of drug-likeness (QED) is 0.938. The van der Waals surface area contributed by atoms with E-state index >= 15 is 0 Å². The molecule has 21 heavy (non-hydrogen) atoms. The molecule has 1 N–H and O–H groups in total. The van der Waals surface area contributed by atoms with Gasteiger partial charge >= 0.3 is 0 Å². The van der Waals surface area contributed by atoms with Crippen LogP contribution in [-0.2, 0) is 23.9 Å². The van der Waals surface area contributed by atoms with Crippen LogP contribution in [0.4, 0.5) is 0 Å². The monoisotopic (exact) mass is 309 g/mol. The van der Waals surface area contributed by atoms with E-state index in [2.05, 4.69) is 15.5 Å². The van der Waals surface area contributed by atoms with Gasteiger partial charge in [0.25, 0.3) is 0 Å². The highest BCUT2D eigenvalue weighted by atomic mass is 35.5. The van der Waals surface area contributed by atoms with E-state index in [1.54, 1.807) is 24.7 Å². The van der Waals surface area contributed by atoms with Crippen LogP contribution in [0.1, 0.15) is 30.8 Å². The Bertz CT molecular complexity index is 671. The van der Waals surface area contributed by atoms with Gasteiger partial charge < -0.3 is 5.32 Å². The van der Waals surface area contributed by atoms with Crippen LogP contribution in [0.25, 0.3) is 0 Å². The summed E-state index contributed by atoms with van der Waals surface area (Å²) >= 11 is 5.86. The minimum absolute atomic E-state index is 0.120. The van der Waals surface area contributed by atoms with Gasteiger partial charge in [0.05, 0.1) is 16.9 Å². The Kier molecular flexibility index (Phi) is 4.09. The number of rotatable bonds is 4. The summed E-state index contributed by atoms with van der Waals surface area (Å²) in [7, 11) is 1.89. The molecular weight excluding hydrogens is 290 g/mol. The number of hydrogen-bond acceptors (Lipinski definition) is 3. The van der Waals surface area contributed by atoms with Crippen LogP contribution in [0.15, 0.2) is 12.4 Å². The zero-order valence-electron chi connectivity index (χ0n) is 12.9. The SMILES string of the molecule is Cc1nn(C)c(C)c1CNC(=O)C(C)(C)n1cc(Cl)cn1. The van der Waals surface area contributed by atoms with Crippen LogP contribution < -0.4 is 5.32 Å². The predicted octanol–water partition coefficient (Wildman–Crippen LogP) is 1.94. The van der Waals surface area contributed by atoms with Crippen molar-refractivity contribution in [2.45, 2.75) is 39.8 Å². The Hall–Kier alpha value is -1.82. The zero-order chi connectivity index (χ0) is 15.8. The van der Waals surface area contributed by atoms with E-state index in [-0.39, 0.29) is 5.91 Å². The van der Waals surface area contributed by atoms with Crippen molar-refractivity contribution in [2.75, 3.05) is 0 Å². The second-order valence-electron chi connectivity index (χ2n) is 5.62. The Balaban J connectivity index is 2.11. The van der Waals surface area contributed by atoms with Gasteiger partial charge in [-0.2, -0.15) is 10.2 Å². The number of amides is 1. The molecule has 114 valence electrons. The summed E-state index contributed by atoms with van der Waals surface area (Å²) in [5.74, 6) is -0.120. The smallest absolute Gasteiger partial charge is 0.247 e. The first-order valence-corrected chi connectivity index (χ1v) is 7.09. The number of aryl methyl sites for hydroxylation is 2. The number of carbonyl (C=O) groups excluding carboxylic acids is 1. The molecule has 0 atom stereocenters. The predicted molar refractivity (Wildman–Crippen MR) is 81.1 cm³/mol. The standard InChI is InChI=1S/C14H20ClN5O/c1-9-12(10(2)19(5)18-9)7-16-13(21)14(3,4)20-8-11(15)6-17-20/h6,8H,7H2,1-5H3,(H,16,21). The van der Waals surface area contributed by atoms with Crippen molar-refractivity contribution >= 4 is 17.5 Å². The molecular formula is C14H20ClN5O. The van der Waals surface area contributed by atoms with Gasteiger partial charge in [-0.3, -0.25) is 14.2 Å². The van der Waals surface area contributed by atoms with Crippen LogP contribution in [0, 0.1) is 13.8 Å². The average Bonchev–Trinajstić information content (AvgIpc) is 2.94. The lowest BCUT2D eigenvalue weighted by molar-refractivity contribution is -0.129. The summed E-state index contributed by atoms with van der Waals surface area (Å²) in [5.41, 5.74) is 2.21. The first kappa shape index (κ1) is 15.6. The van der Waals surface area contributed by atoms with Crippen LogP contribution in [-0.4, -0.2) is 25.5 Å². The van der Waals surface area contributed by atoms with Crippen molar-refractivity contribution in [1.29, 1.82) is 0 Å². The van der Waals surface area contributed by atoms with Crippen molar-refractivity contribution < 1.29 is 4.79 Å². The summed E-state index contributed by atoms with van der Waals surface area (Å²) in [6.07, 6.45) is 3.16. The van der Waals surface area contributed by atoms with Gasteiger partial charge in [0.1, 0.15) is 5.54 Å². The van der Waals surface area contributed by atoms with Gasteiger partial charge in [-0.15, -0.1) is 0 Å². The third kappa shape index (κ3) is 2.95. The van der Waals surface area contributed by atoms with E-state index in [1.165, 1.54) is 6.20 Å². The highest BCUT2D eigenvalue weighted by molar-refractivity contribution is 6.30. The summed E-state index contributed by atoms with van der Waals surface area (Å²) in [6.45, 7) is 7.97. The van der Waals surface area contributed by atoms with E-state index < -0.39 is 5.54 Å². The summed E-state index contributed by atoms with van der Waals surface area (Å²) < 4.78 is 3.38. The molecule has 0 saturated heterocycles. The second-order valence-corrected chi connectivity index (χ2v) is 6.05. The molecule has 0 aliphatic rings. The molecule has 0 aliphatic heterocycles. The lowest BCUT2D eigenvalue weighted by Gasteiger charge is -2.24. The maximum absolute atomic E-state index is 12.4. The molecule has 0 fully saturated rings. The number of aromatic nitrogens is 4. The number of hydrogen-bond donors (Lipinski definition) is 1. The molecule has 1 amide bonds. The minimum Gasteiger partial charge on any atom is -0.350 e. The van der Waals surface area contributed by atoms with E-state index in [4.69, 9.17) is 11.6 Å². The Morgan fingerprint density at radius 3 is 2.57 bits per heavy atom. The fourth-order valence-electron chi connectivity index (χ4n) is 2.17. The van der Waals surface area contributed by atoms with Crippen molar-refractivity contribution in [3.05, 3.63) is 34.4 Å². The molecule has 0 bridgehead atoms. The number of carbonyl (C=O) groups is 1. The lowest BCUT2D eigenvalue weighted by atomic mass is 10.0. The first-order chi connectivity index (χ1) is 9.73. The molecule has 2 heterocycles. The Morgan fingerprint density at radius 1 is 1.43 bits per heavy atom. The lowest BCUT2D eigenvalue weighted by Crippen LogP contribution is -2.44. The highest BCUT2D eigenvalue weighted by Gasteiger charge is 2.30. The van der Waals surface area contributed by atoms with Gasteiger partial charge in [0, 0.05) is 31.0 Å². The van der Waals surface area contributed by atoms with Crippen LogP contribution in [0.2, 0.25) is 5.02 Å². The molecule has 0 radical (unpaired) electrons. The molecule has 2 rings (SSSR count). The maximum atomic E-state index is 12.4. The fraction of sp³-hybridized carbons (Fsp3) is 0.500. The Morgan fingerprint density at radius 2 is 2.10 bits per heavy atom. The zero-order valence-corrected chi connectivity index (χ0v) is 13.7. The van der Waals surface area contributed by atoms with Crippen molar-refractivity contribution in [3.63, 3.8) is 0 Å². The van der Waals surface area contributed by atoms with Crippen LogP contribution >= 0.6 is 11.6 Å². The normalized spacial score (nSPS) is 11.7. The minimum atomic E-state index is -0.808. The average molecular weight is 310 g/mol. The topological polar surface area (TPSA) is 64.7 Å². The molecule has 2 aromatic heterocycles. The third-order valence-electron chi connectivity index (χ3n) is 3.76. The Labute approximate surface area is 129 Å². The molecule has 0 aliphatic carbocycles. The fourth-order valence-corrected chi connectivity index (χ4v) is 2.30. The van der Waals surface area contributed by atoms with Gasteiger partial charge in [-0.05, 0) is 27.7 Å². The largest absolute Gasteiger partial charge is 0.350 e. The van der Waals surface area contributed by atoms with E-state index in [1.807, 2.05) is 25.6 Å². The van der Waals surface area contributed by atoms with Crippen LogP contribution in [0.3, 0.4) is 0 Å². The molecule has 0 unspecified atom stereocenters. The van der Waals surface area contributed by atoms with E-state index in [9.17, 15) is 4.79 Å². The van der Waals surface area contributed by atoms with E-state index in [0.717, 1.165) is 17.0 Å². The molecule has 6 nitrogen and oxygen atoms in total. The number of nitrogens with one attached hydrogen (secondary N) is 1. The molecule has 2 aromatic rings. The molecule has 7 heteroatoms. The second kappa shape index (κ2) is 5.52. The molecule has 0 saturated carbocycles. The first-order valence-electron chi connectivity index (χ1n) is 6.71. The maximum Gasteiger partial charge on any atom is 0.247 e. The van der Waals surface area contributed by atoms with Gasteiger partial charge in [-0.1, -0.05) is 11.6 Å². The third-order valence-corrected chi connectivity index (χ3v) is 3.96. The van der Waals surface area contributed by atoms with Crippen molar-refractivity contribution in [1.82, 2.24) is 24.9 Å². The molecule has 0 spiro atoms. The van der Waals surface area contributed by atoms with Gasteiger partial charge in [-0.25, -0.2) is 0 Å². The molecule has 0 aromatic carbocycles. The summed E-state index contributed by atoms with van der Waals surface area (Å²) in [5, 5.41) is 11.9. The summed E-state index contributed by atoms with van der Waals surface area (Å²) in [4.78, 5) is 12.4. The van der Waals surface area contributed by atoms with Crippen LogP contribution in [0.5, 0.6) is 0 Å². The number of nitrogens with zero attached hydrogens (tertiary/aromatic N) is 4.